The Morgan fingerprint density at radius 1 is 1.21 bits per heavy atom. The van der Waals surface area contributed by atoms with E-state index in [-0.39, 0.29) is 0 Å². The molecule has 1 aliphatic heterocycles. The van der Waals surface area contributed by atoms with Crippen LogP contribution in [-0.2, 0) is 17.8 Å². The number of nitrogens with zero attached hydrogens (tertiary/aromatic N) is 2. The van der Waals surface area contributed by atoms with E-state index in [1.165, 1.54) is 43.6 Å². The maximum Gasteiger partial charge on any atom is 0.0952 e. The second-order valence-corrected chi connectivity index (χ2v) is 6.48. The summed E-state index contributed by atoms with van der Waals surface area (Å²) in [6.45, 7) is 4.94. The smallest absolute Gasteiger partial charge is 0.0952 e. The van der Waals surface area contributed by atoms with Gasteiger partial charge in [0.2, 0.25) is 0 Å². The molecule has 4 nitrogen and oxygen atoms in total. The van der Waals surface area contributed by atoms with Crippen LogP contribution in [0.2, 0.25) is 0 Å². The van der Waals surface area contributed by atoms with Gasteiger partial charge in [-0.1, -0.05) is 0 Å². The van der Waals surface area contributed by atoms with Crippen LogP contribution in [0, 0.1) is 11.8 Å². The van der Waals surface area contributed by atoms with Crippen molar-refractivity contribution in [1.82, 2.24) is 14.9 Å². The van der Waals surface area contributed by atoms with Crippen LogP contribution in [0.5, 0.6) is 0 Å². The highest BCUT2D eigenvalue weighted by Gasteiger charge is 2.29. The zero-order valence-electron chi connectivity index (χ0n) is 11.5. The van der Waals surface area contributed by atoms with Gasteiger partial charge in [0.05, 0.1) is 18.6 Å². The van der Waals surface area contributed by atoms with Gasteiger partial charge in [0, 0.05) is 37.9 Å². The molecule has 0 amide bonds. The molecule has 1 unspecified atom stereocenters. The molecule has 1 aromatic heterocycles. The van der Waals surface area contributed by atoms with Crippen molar-refractivity contribution in [3.8, 4) is 0 Å². The van der Waals surface area contributed by atoms with Gasteiger partial charge in [-0.15, -0.1) is 0 Å². The summed E-state index contributed by atoms with van der Waals surface area (Å²) in [6, 6.07) is 0. The van der Waals surface area contributed by atoms with Crippen LogP contribution in [0.3, 0.4) is 0 Å². The van der Waals surface area contributed by atoms with Gasteiger partial charge in [0.1, 0.15) is 0 Å². The van der Waals surface area contributed by atoms with Crippen molar-refractivity contribution in [2.45, 2.75) is 44.7 Å². The highest BCUT2D eigenvalue weighted by Crippen LogP contribution is 2.33. The van der Waals surface area contributed by atoms with Crippen LogP contribution in [-0.4, -0.2) is 29.3 Å². The molecule has 0 spiro atoms. The largest absolute Gasteiger partial charge is 0.380 e. The fourth-order valence-electron chi connectivity index (χ4n) is 3.02. The molecule has 0 saturated heterocycles. The number of imidazole rings is 1. The predicted molar refractivity (Wildman–Crippen MR) is 72.9 cm³/mol. The Labute approximate surface area is 114 Å². The van der Waals surface area contributed by atoms with Crippen LogP contribution in [0.1, 0.15) is 43.0 Å². The first-order chi connectivity index (χ1) is 9.40. The molecule has 0 bridgehead atoms. The lowest BCUT2D eigenvalue weighted by molar-refractivity contribution is 0.106. The first-order valence-electron chi connectivity index (χ1n) is 7.72. The van der Waals surface area contributed by atoms with Gasteiger partial charge in [-0.05, 0) is 37.5 Å². The lowest BCUT2D eigenvalue weighted by Gasteiger charge is -2.25. The Balaban J connectivity index is 1.45. The summed E-state index contributed by atoms with van der Waals surface area (Å²) in [6.07, 6.45) is 7.58. The summed E-state index contributed by atoms with van der Waals surface area (Å²) in [7, 11) is 0. The van der Waals surface area contributed by atoms with E-state index in [9.17, 15) is 0 Å². The number of rotatable bonds is 6. The standard InChI is InChI=1S/C15H23N3O/c1-2-11(1)7-18-10-17-14-6-16-5-13(15(14)18)9-19-8-12-3-4-12/h10-13,16H,1-9H2. The van der Waals surface area contributed by atoms with E-state index in [1.807, 2.05) is 6.33 Å². The van der Waals surface area contributed by atoms with Gasteiger partial charge in [0.25, 0.3) is 0 Å². The van der Waals surface area contributed by atoms with Crippen LogP contribution < -0.4 is 5.32 Å². The third-order valence-electron chi connectivity index (χ3n) is 4.55. The maximum atomic E-state index is 5.92. The van der Waals surface area contributed by atoms with E-state index in [0.717, 1.165) is 38.1 Å². The average Bonchev–Trinajstić information content (AvgIpc) is 3.31. The molecule has 2 aliphatic carbocycles. The molecule has 0 radical (unpaired) electrons. The van der Waals surface area contributed by atoms with Crippen molar-refractivity contribution < 1.29 is 4.74 Å². The molecular formula is C15H23N3O. The van der Waals surface area contributed by atoms with Gasteiger partial charge in [0.15, 0.2) is 0 Å². The second-order valence-electron chi connectivity index (χ2n) is 6.48. The van der Waals surface area contributed by atoms with Gasteiger partial charge >= 0.3 is 0 Å². The molecule has 1 atom stereocenters. The zero-order chi connectivity index (χ0) is 12.7. The molecule has 2 heterocycles. The molecule has 1 aromatic rings. The van der Waals surface area contributed by atoms with Crippen LogP contribution in [0.25, 0.3) is 0 Å². The molecule has 3 aliphatic rings. The molecular weight excluding hydrogens is 238 g/mol. The summed E-state index contributed by atoms with van der Waals surface area (Å²) in [5.41, 5.74) is 2.69. The maximum absolute atomic E-state index is 5.92. The number of ether oxygens (including phenoxy) is 1. The Kier molecular flexibility index (Phi) is 3.08. The van der Waals surface area contributed by atoms with Crippen molar-refractivity contribution in [3.63, 3.8) is 0 Å². The lowest BCUT2D eigenvalue weighted by Crippen LogP contribution is -2.32. The minimum atomic E-state index is 0.490. The van der Waals surface area contributed by atoms with Crippen molar-refractivity contribution in [2.75, 3.05) is 19.8 Å². The molecule has 0 aromatic carbocycles. The Morgan fingerprint density at radius 2 is 2.05 bits per heavy atom. The monoisotopic (exact) mass is 261 g/mol. The Hall–Kier alpha value is -0.870. The van der Waals surface area contributed by atoms with Gasteiger partial charge in [-0.2, -0.15) is 0 Å². The van der Waals surface area contributed by atoms with E-state index < -0.39 is 0 Å². The molecule has 19 heavy (non-hydrogen) atoms. The van der Waals surface area contributed by atoms with E-state index in [1.54, 1.807) is 0 Å². The summed E-state index contributed by atoms with van der Waals surface area (Å²) in [5.74, 6) is 2.25. The molecule has 4 rings (SSSR count). The lowest BCUT2D eigenvalue weighted by atomic mass is 10.0. The minimum Gasteiger partial charge on any atom is -0.380 e. The van der Waals surface area contributed by atoms with E-state index in [4.69, 9.17) is 4.74 Å². The Morgan fingerprint density at radius 3 is 2.84 bits per heavy atom. The quantitative estimate of drug-likeness (QED) is 0.850. The molecule has 1 N–H and O–H groups in total. The molecule has 104 valence electrons. The SMILES string of the molecule is c1nc2c(n1CC1CC1)C(COCC1CC1)CNC2. The van der Waals surface area contributed by atoms with E-state index in [0.29, 0.717) is 5.92 Å². The third-order valence-corrected chi connectivity index (χ3v) is 4.55. The van der Waals surface area contributed by atoms with Gasteiger partial charge < -0.3 is 14.6 Å². The Bertz CT molecular complexity index is 448. The highest BCUT2D eigenvalue weighted by atomic mass is 16.5. The van der Waals surface area contributed by atoms with Crippen molar-refractivity contribution in [2.24, 2.45) is 11.8 Å². The highest BCUT2D eigenvalue weighted by molar-refractivity contribution is 5.22. The number of fused-ring (bicyclic) bond motifs is 1. The normalized spacial score (nSPS) is 26.4. The van der Waals surface area contributed by atoms with Crippen molar-refractivity contribution in [1.29, 1.82) is 0 Å². The number of hydrogen-bond donors (Lipinski definition) is 1. The fourth-order valence-corrected chi connectivity index (χ4v) is 3.02. The van der Waals surface area contributed by atoms with Gasteiger partial charge in [-0.3, -0.25) is 0 Å². The van der Waals surface area contributed by atoms with Crippen LogP contribution in [0.4, 0.5) is 0 Å². The van der Waals surface area contributed by atoms with Crippen molar-refractivity contribution >= 4 is 0 Å². The molecule has 4 heteroatoms. The zero-order valence-corrected chi connectivity index (χ0v) is 11.5. The summed E-state index contributed by atoms with van der Waals surface area (Å²) < 4.78 is 8.32. The fraction of sp³-hybridized carbons (Fsp3) is 0.800. The summed E-state index contributed by atoms with van der Waals surface area (Å²) in [4.78, 5) is 4.59. The molecule has 2 fully saturated rings. The number of nitrogens with one attached hydrogen (secondary N) is 1. The number of aromatic nitrogens is 2. The topological polar surface area (TPSA) is 39.1 Å². The van der Waals surface area contributed by atoms with Crippen molar-refractivity contribution in [3.05, 3.63) is 17.7 Å². The van der Waals surface area contributed by atoms with E-state index in [2.05, 4.69) is 14.9 Å². The minimum absolute atomic E-state index is 0.490. The molecule has 2 saturated carbocycles. The first-order valence-corrected chi connectivity index (χ1v) is 7.72. The third kappa shape index (κ3) is 2.70. The first kappa shape index (κ1) is 11.9. The average molecular weight is 261 g/mol. The van der Waals surface area contributed by atoms with Gasteiger partial charge in [-0.25, -0.2) is 4.98 Å². The van der Waals surface area contributed by atoms with Crippen LogP contribution in [0.15, 0.2) is 6.33 Å². The van der Waals surface area contributed by atoms with E-state index >= 15 is 0 Å². The predicted octanol–water partition coefficient (Wildman–Crippen LogP) is 1.91. The number of hydrogen-bond acceptors (Lipinski definition) is 3. The second kappa shape index (κ2) is 4.91. The summed E-state index contributed by atoms with van der Waals surface area (Å²) in [5, 5.41) is 3.47. The summed E-state index contributed by atoms with van der Waals surface area (Å²) >= 11 is 0. The van der Waals surface area contributed by atoms with Crippen LogP contribution >= 0.6 is 0 Å².